The van der Waals surface area contributed by atoms with Crippen molar-refractivity contribution < 1.29 is 9.47 Å². The number of hydrogen-bond acceptors (Lipinski definition) is 5. The molecule has 0 radical (unpaired) electrons. The van der Waals surface area contributed by atoms with Crippen LogP contribution in [0.4, 0.5) is 5.82 Å². The van der Waals surface area contributed by atoms with E-state index in [1.165, 1.54) is 5.56 Å². The van der Waals surface area contributed by atoms with Gasteiger partial charge in [-0.15, -0.1) is 0 Å². The van der Waals surface area contributed by atoms with Crippen LogP contribution in [0.5, 0.6) is 0 Å². The van der Waals surface area contributed by atoms with Crippen molar-refractivity contribution >= 4 is 5.82 Å². The van der Waals surface area contributed by atoms with Crippen LogP contribution in [0, 0.1) is 6.92 Å². The van der Waals surface area contributed by atoms with Crippen LogP contribution in [0.15, 0.2) is 12.1 Å². The van der Waals surface area contributed by atoms with Crippen LogP contribution in [-0.2, 0) is 16.0 Å². The van der Waals surface area contributed by atoms with Gasteiger partial charge in [0.15, 0.2) is 0 Å². The first kappa shape index (κ1) is 17.9. The molecule has 1 rings (SSSR count). The number of nitrogens with zero attached hydrogens (tertiary/aromatic N) is 2. The molecule has 0 aliphatic heterocycles. The lowest BCUT2D eigenvalue weighted by molar-refractivity contribution is 0.190. The molecule has 5 nitrogen and oxygen atoms in total. The van der Waals surface area contributed by atoms with E-state index in [1.807, 2.05) is 6.92 Å². The zero-order valence-electron chi connectivity index (χ0n) is 13.8. The third-order valence-electron chi connectivity index (χ3n) is 3.21. The summed E-state index contributed by atoms with van der Waals surface area (Å²) in [6.45, 7) is 9.13. The van der Waals surface area contributed by atoms with Crippen molar-refractivity contribution in [3.63, 3.8) is 0 Å². The van der Waals surface area contributed by atoms with Gasteiger partial charge in [0.1, 0.15) is 5.82 Å². The number of hydrogen-bond donors (Lipinski definition) is 1. The molecule has 1 aromatic heterocycles. The third kappa shape index (κ3) is 6.89. The molecule has 0 aromatic carbocycles. The molecular formula is C16H29N3O2. The highest BCUT2D eigenvalue weighted by Gasteiger charge is 2.09. The molecule has 0 fully saturated rings. The standard InChI is InChI=1S/C16H29N3O2/c1-5-6-17-13-15-11-14(2)18-16(12-15)19(7-9-20-3)8-10-21-4/h11-12,17H,5-10,13H2,1-4H3. The first-order valence-corrected chi connectivity index (χ1v) is 7.62. The maximum Gasteiger partial charge on any atom is 0.129 e. The molecule has 120 valence electrons. The second-order valence-electron chi connectivity index (χ2n) is 5.12. The minimum Gasteiger partial charge on any atom is -0.383 e. The Labute approximate surface area is 128 Å². The highest BCUT2D eigenvalue weighted by atomic mass is 16.5. The summed E-state index contributed by atoms with van der Waals surface area (Å²) in [5.74, 6) is 0.998. The average molecular weight is 295 g/mol. The third-order valence-corrected chi connectivity index (χ3v) is 3.21. The van der Waals surface area contributed by atoms with Crippen LogP contribution in [0.1, 0.15) is 24.6 Å². The summed E-state index contributed by atoms with van der Waals surface area (Å²) in [6, 6.07) is 4.29. The van der Waals surface area contributed by atoms with Crippen LogP contribution in [0.3, 0.4) is 0 Å². The van der Waals surface area contributed by atoms with Crippen molar-refractivity contribution in [2.24, 2.45) is 0 Å². The summed E-state index contributed by atoms with van der Waals surface area (Å²) in [5.41, 5.74) is 2.31. The van der Waals surface area contributed by atoms with Gasteiger partial charge in [-0.1, -0.05) is 6.92 Å². The normalized spacial score (nSPS) is 10.9. The lowest BCUT2D eigenvalue weighted by Gasteiger charge is -2.24. The quantitative estimate of drug-likeness (QED) is 0.633. The van der Waals surface area contributed by atoms with Gasteiger partial charge in [0.2, 0.25) is 0 Å². The molecule has 0 unspecified atom stereocenters. The van der Waals surface area contributed by atoms with Crippen LogP contribution in [0.2, 0.25) is 0 Å². The molecule has 0 aliphatic carbocycles. The van der Waals surface area contributed by atoms with E-state index in [1.54, 1.807) is 14.2 Å². The van der Waals surface area contributed by atoms with Crippen molar-refractivity contribution in [3.8, 4) is 0 Å². The van der Waals surface area contributed by atoms with E-state index in [4.69, 9.17) is 9.47 Å². The Morgan fingerprint density at radius 3 is 2.38 bits per heavy atom. The zero-order chi connectivity index (χ0) is 15.5. The number of nitrogens with one attached hydrogen (secondary N) is 1. The van der Waals surface area contributed by atoms with Crippen LogP contribution >= 0.6 is 0 Å². The maximum atomic E-state index is 5.19. The second-order valence-corrected chi connectivity index (χ2v) is 5.12. The Bertz CT molecular complexity index is 391. The Morgan fingerprint density at radius 1 is 1.14 bits per heavy atom. The molecule has 0 atom stereocenters. The molecule has 0 spiro atoms. The van der Waals surface area contributed by atoms with Gasteiger partial charge in [-0.05, 0) is 37.6 Å². The Hall–Kier alpha value is -1.17. The monoisotopic (exact) mass is 295 g/mol. The molecule has 5 heteroatoms. The van der Waals surface area contributed by atoms with Crippen molar-refractivity contribution in [2.45, 2.75) is 26.8 Å². The Morgan fingerprint density at radius 2 is 1.81 bits per heavy atom. The average Bonchev–Trinajstić information content (AvgIpc) is 2.47. The van der Waals surface area contributed by atoms with Crippen molar-refractivity contribution in [1.29, 1.82) is 0 Å². The fraction of sp³-hybridized carbons (Fsp3) is 0.688. The SMILES string of the molecule is CCCNCc1cc(C)nc(N(CCOC)CCOC)c1. The number of anilines is 1. The zero-order valence-corrected chi connectivity index (χ0v) is 13.8. The van der Waals surface area contributed by atoms with E-state index in [2.05, 4.69) is 34.3 Å². The van der Waals surface area contributed by atoms with E-state index in [-0.39, 0.29) is 0 Å². The highest BCUT2D eigenvalue weighted by Crippen LogP contribution is 2.15. The minimum absolute atomic E-state index is 0.683. The van der Waals surface area contributed by atoms with Crippen LogP contribution in [0.25, 0.3) is 0 Å². The molecule has 1 heterocycles. The summed E-state index contributed by atoms with van der Waals surface area (Å²) in [4.78, 5) is 6.87. The Balaban J connectivity index is 2.79. The summed E-state index contributed by atoms with van der Waals surface area (Å²) >= 11 is 0. The lowest BCUT2D eigenvalue weighted by atomic mass is 10.2. The van der Waals surface area contributed by atoms with Gasteiger partial charge < -0.3 is 19.7 Å². The summed E-state index contributed by atoms with van der Waals surface area (Å²) in [5, 5.41) is 3.44. The van der Waals surface area contributed by atoms with Gasteiger partial charge >= 0.3 is 0 Å². The van der Waals surface area contributed by atoms with E-state index >= 15 is 0 Å². The largest absolute Gasteiger partial charge is 0.383 e. The van der Waals surface area contributed by atoms with E-state index in [0.29, 0.717) is 13.2 Å². The van der Waals surface area contributed by atoms with Gasteiger partial charge in [-0.3, -0.25) is 0 Å². The first-order chi connectivity index (χ1) is 10.2. The number of aryl methyl sites for hydroxylation is 1. The Kier molecular flexibility index (Phi) is 8.98. The molecule has 1 aromatic rings. The fourth-order valence-corrected chi connectivity index (χ4v) is 2.14. The summed E-state index contributed by atoms with van der Waals surface area (Å²) < 4.78 is 10.4. The number of pyridine rings is 1. The van der Waals surface area contributed by atoms with Gasteiger partial charge in [0.25, 0.3) is 0 Å². The maximum absolute atomic E-state index is 5.19. The van der Waals surface area contributed by atoms with E-state index in [0.717, 1.165) is 44.1 Å². The van der Waals surface area contributed by atoms with Gasteiger partial charge in [0, 0.05) is 39.5 Å². The number of rotatable bonds is 11. The number of ether oxygens (including phenoxy) is 2. The molecule has 21 heavy (non-hydrogen) atoms. The smallest absolute Gasteiger partial charge is 0.129 e. The highest BCUT2D eigenvalue weighted by molar-refractivity contribution is 5.42. The summed E-state index contributed by atoms with van der Waals surface area (Å²) in [7, 11) is 3.44. The molecule has 1 N–H and O–H groups in total. The van der Waals surface area contributed by atoms with Crippen LogP contribution in [-0.4, -0.2) is 52.1 Å². The van der Waals surface area contributed by atoms with Gasteiger partial charge in [-0.2, -0.15) is 0 Å². The molecule has 0 saturated heterocycles. The predicted molar refractivity (Wildman–Crippen MR) is 86.9 cm³/mol. The molecule has 0 amide bonds. The minimum atomic E-state index is 0.683. The van der Waals surface area contributed by atoms with Crippen molar-refractivity contribution in [1.82, 2.24) is 10.3 Å². The molecular weight excluding hydrogens is 266 g/mol. The van der Waals surface area contributed by atoms with Crippen molar-refractivity contribution in [2.75, 3.05) is 52.0 Å². The van der Waals surface area contributed by atoms with Gasteiger partial charge in [-0.25, -0.2) is 4.98 Å². The molecule has 0 aliphatic rings. The van der Waals surface area contributed by atoms with Crippen molar-refractivity contribution in [3.05, 3.63) is 23.4 Å². The second kappa shape index (κ2) is 10.5. The predicted octanol–water partition coefficient (Wildman–Crippen LogP) is 1.99. The van der Waals surface area contributed by atoms with E-state index < -0.39 is 0 Å². The summed E-state index contributed by atoms with van der Waals surface area (Å²) in [6.07, 6.45) is 1.14. The first-order valence-electron chi connectivity index (χ1n) is 7.62. The lowest BCUT2D eigenvalue weighted by Crippen LogP contribution is -2.31. The topological polar surface area (TPSA) is 46.6 Å². The molecule has 0 saturated carbocycles. The number of aromatic nitrogens is 1. The van der Waals surface area contributed by atoms with E-state index in [9.17, 15) is 0 Å². The van der Waals surface area contributed by atoms with Crippen LogP contribution < -0.4 is 10.2 Å². The van der Waals surface area contributed by atoms with Gasteiger partial charge in [0.05, 0.1) is 13.2 Å². The molecule has 0 bridgehead atoms. The number of methoxy groups -OCH3 is 2. The fourth-order valence-electron chi connectivity index (χ4n) is 2.14.